The number of benzene rings is 1. The first-order chi connectivity index (χ1) is 12.5. The van der Waals surface area contributed by atoms with Gasteiger partial charge in [0.25, 0.3) is 11.8 Å². The highest BCUT2D eigenvalue weighted by Gasteiger charge is 2.26. The molecule has 1 aliphatic rings. The van der Waals surface area contributed by atoms with Crippen molar-refractivity contribution in [2.45, 2.75) is 32.2 Å². The maximum atomic E-state index is 12.8. The molecule has 0 aliphatic carbocycles. The van der Waals surface area contributed by atoms with E-state index >= 15 is 0 Å². The molecule has 3 rings (SSSR count). The van der Waals surface area contributed by atoms with Crippen LogP contribution in [0.4, 0.5) is 5.00 Å². The van der Waals surface area contributed by atoms with Gasteiger partial charge in [-0.25, -0.2) is 0 Å². The van der Waals surface area contributed by atoms with Gasteiger partial charge in [0, 0.05) is 25.2 Å². The minimum atomic E-state index is -0.193. The van der Waals surface area contributed by atoms with Gasteiger partial charge in [0.1, 0.15) is 5.00 Å². The zero-order chi connectivity index (χ0) is 18.7. The summed E-state index contributed by atoms with van der Waals surface area (Å²) in [5, 5.41) is 8.61. The van der Waals surface area contributed by atoms with Gasteiger partial charge in [0.2, 0.25) is 0 Å². The number of nitrogens with zero attached hydrogens (tertiary/aromatic N) is 1. The number of amides is 2. The highest BCUT2D eigenvalue weighted by atomic mass is 35.5. The SMILES string of the molecule is CC(C)c1ccc(C(=O)Nc2sccc2C(=O)N(C)C2CCNC2)cc1.Cl. The number of thiophene rings is 1. The number of halogens is 1. The minimum Gasteiger partial charge on any atom is -0.337 e. The van der Waals surface area contributed by atoms with Crippen molar-refractivity contribution in [2.75, 3.05) is 25.5 Å². The molecule has 5 nitrogen and oxygen atoms in total. The van der Waals surface area contributed by atoms with Gasteiger partial charge in [0.05, 0.1) is 5.56 Å². The van der Waals surface area contributed by atoms with Crippen LogP contribution in [0.1, 0.15) is 52.5 Å². The largest absolute Gasteiger partial charge is 0.337 e. The number of carbonyl (C=O) groups is 2. The van der Waals surface area contributed by atoms with E-state index in [0.29, 0.717) is 22.0 Å². The van der Waals surface area contributed by atoms with Crippen LogP contribution in [0.15, 0.2) is 35.7 Å². The molecule has 1 aromatic carbocycles. The molecule has 2 heterocycles. The molecule has 0 spiro atoms. The predicted octanol–water partition coefficient (Wildman–Crippen LogP) is 3.98. The van der Waals surface area contributed by atoms with Crippen LogP contribution in [-0.2, 0) is 0 Å². The average molecular weight is 408 g/mol. The first kappa shape index (κ1) is 21.4. The van der Waals surface area contributed by atoms with Gasteiger partial charge in [0.15, 0.2) is 0 Å². The van der Waals surface area contributed by atoms with E-state index in [4.69, 9.17) is 0 Å². The van der Waals surface area contributed by atoms with Crippen molar-refractivity contribution < 1.29 is 9.59 Å². The monoisotopic (exact) mass is 407 g/mol. The Kier molecular flexibility index (Phi) is 7.41. The lowest BCUT2D eigenvalue weighted by Crippen LogP contribution is -2.38. The first-order valence-electron chi connectivity index (χ1n) is 8.94. The standard InChI is InChI=1S/C20H25N3O2S.ClH/c1-13(2)14-4-6-15(7-5-14)18(24)22-19-17(9-11-26-19)20(25)23(3)16-8-10-21-12-16;/h4-7,9,11,13,16,21H,8,10,12H2,1-3H3,(H,22,24);1H. The zero-order valence-electron chi connectivity index (χ0n) is 15.8. The molecule has 0 saturated carbocycles. The molecular weight excluding hydrogens is 382 g/mol. The molecule has 1 aromatic heterocycles. The Balaban J connectivity index is 0.00000261. The second kappa shape index (κ2) is 9.35. The van der Waals surface area contributed by atoms with Crippen LogP contribution in [0.25, 0.3) is 0 Å². The molecule has 146 valence electrons. The van der Waals surface area contributed by atoms with Gasteiger partial charge < -0.3 is 15.5 Å². The van der Waals surface area contributed by atoms with Crippen molar-refractivity contribution in [2.24, 2.45) is 0 Å². The van der Waals surface area contributed by atoms with E-state index < -0.39 is 0 Å². The van der Waals surface area contributed by atoms with Gasteiger partial charge >= 0.3 is 0 Å². The Labute approximate surface area is 170 Å². The molecule has 1 saturated heterocycles. The summed E-state index contributed by atoms with van der Waals surface area (Å²) in [6.45, 7) is 5.99. The lowest BCUT2D eigenvalue weighted by Gasteiger charge is -2.23. The number of hydrogen-bond donors (Lipinski definition) is 2. The number of carbonyl (C=O) groups excluding carboxylic acids is 2. The molecule has 1 atom stereocenters. The zero-order valence-corrected chi connectivity index (χ0v) is 17.5. The Hall–Kier alpha value is -1.89. The Morgan fingerprint density at radius 3 is 2.52 bits per heavy atom. The third kappa shape index (κ3) is 4.89. The van der Waals surface area contributed by atoms with Gasteiger partial charge in [-0.2, -0.15) is 0 Å². The summed E-state index contributed by atoms with van der Waals surface area (Å²) in [4.78, 5) is 27.1. The van der Waals surface area contributed by atoms with Crippen LogP contribution in [0, 0.1) is 0 Å². The summed E-state index contributed by atoms with van der Waals surface area (Å²) >= 11 is 1.37. The second-order valence-corrected chi connectivity index (χ2v) is 7.87. The molecule has 1 aliphatic heterocycles. The van der Waals surface area contributed by atoms with E-state index in [0.717, 1.165) is 19.5 Å². The molecule has 1 fully saturated rings. The van der Waals surface area contributed by atoms with E-state index in [1.54, 1.807) is 11.0 Å². The number of nitrogens with one attached hydrogen (secondary N) is 2. The van der Waals surface area contributed by atoms with Crippen LogP contribution in [-0.4, -0.2) is 42.9 Å². The fourth-order valence-corrected chi connectivity index (χ4v) is 3.87. The van der Waals surface area contributed by atoms with Crippen LogP contribution in [0.3, 0.4) is 0 Å². The summed E-state index contributed by atoms with van der Waals surface area (Å²) < 4.78 is 0. The fourth-order valence-electron chi connectivity index (χ4n) is 3.09. The molecule has 7 heteroatoms. The first-order valence-corrected chi connectivity index (χ1v) is 9.82. The van der Waals surface area contributed by atoms with Crippen LogP contribution in [0.2, 0.25) is 0 Å². The summed E-state index contributed by atoms with van der Waals surface area (Å²) in [6.07, 6.45) is 0.955. The van der Waals surface area contributed by atoms with Crippen molar-refractivity contribution in [1.82, 2.24) is 10.2 Å². The highest BCUT2D eigenvalue weighted by molar-refractivity contribution is 7.14. The molecule has 2 aromatic rings. The highest BCUT2D eigenvalue weighted by Crippen LogP contribution is 2.26. The normalized spacial score (nSPS) is 16.1. The van der Waals surface area contributed by atoms with E-state index in [2.05, 4.69) is 24.5 Å². The van der Waals surface area contributed by atoms with Gasteiger partial charge in [-0.05, 0) is 48.0 Å². The van der Waals surface area contributed by atoms with Crippen molar-refractivity contribution >= 4 is 40.6 Å². The second-order valence-electron chi connectivity index (χ2n) is 6.96. The van der Waals surface area contributed by atoms with Gasteiger partial charge in [-0.1, -0.05) is 26.0 Å². The van der Waals surface area contributed by atoms with Crippen molar-refractivity contribution in [1.29, 1.82) is 0 Å². The number of anilines is 1. The van der Waals surface area contributed by atoms with Crippen LogP contribution >= 0.6 is 23.7 Å². The maximum absolute atomic E-state index is 12.8. The molecule has 2 N–H and O–H groups in total. The third-order valence-corrected chi connectivity index (χ3v) is 5.69. The topological polar surface area (TPSA) is 61.4 Å². The number of rotatable bonds is 5. The van der Waals surface area contributed by atoms with E-state index in [-0.39, 0.29) is 30.3 Å². The number of likely N-dealkylation sites (N-methyl/N-ethyl adjacent to an activating group) is 1. The van der Waals surface area contributed by atoms with Crippen molar-refractivity contribution in [3.63, 3.8) is 0 Å². The predicted molar refractivity (Wildman–Crippen MR) is 113 cm³/mol. The molecule has 1 unspecified atom stereocenters. The summed E-state index contributed by atoms with van der Waals surface area (Å²) in [5.74, 6) is 0.182. The summed E-state index contributed by atoms with van der Waals surface area (Å²) in [7, 11) is 1.83. The van der Waals surface area contributed by atoms with Gasteiger partial charge in [-0.15, -0.1) is 23.7 Å². The molecule has 27 heavy (non-hydrogen) atoms. The Morgan fingerprint density at radius 2 is 1.93 bits per heavy atom. The molecular formula is C20H26ClN3O2S. The lowest BCUT2D eigenvalue weighted by atomic mass is 10.0. The molecule has 2 amide bonds. The third-order valence-electron chi connectivity index (χ3n) is 4.86. The summed E-state index contributed by atoms with van der Waals surface area (Å²) in [5.41, 5.74) is 2.34. The molecule has 0 bridgehead atoms. The average Bonchev–Trinajstić information content (AvgIpc) is 3.32. The minimum absolute atomic E-state index is 0. The lowest BCUT2D eigenvalue weighted by molar-refractivity contribution is 0.0745. The van der Waals surface area contributed by atoms with Crippen LogP contribution in [0.5, 0.6) is 0 Å². The molecule has 0 radical (unpaired) electrons. The quantitative estimate of drug-likeness (QED) is 0.788. The summed E-state index contributed by atoms with van der Waals surface area (Å²) in [6, 6.07) is 9.59. The maximum Gasteiger partial charge on any atom is 0.256 e. The smallest absolute Gasteiger partial charge is 0.256 e. The van der Waals surface area contributed by atoms with Crippen LogP contribution < -0.4 is 10.6 Å². The van der Waals surface area contributed by atoms with E-state index in [9.17, 15) is 9.59 Å². The fraction of sp³-hybridized carbons (Fsp3) is 0.400. The van der Waals surface area contributed by atoms with E-state index in [1.165, 1.54) is 16.9 Å². The Bertz CT molecular complexity index is 783. The number of hydrogen-bond acceptors (Lipinski definition) is 4. The van der Waals surface area contributed by atoms with E-state index in [1.807, 2.05) is 36.7 Å². The van der Waals surface area contributed by atoms with Crippen molar-refractivity contribution in [3.05, 3.63) is 52.4 Å². The van der Waals surface area contributed by atoms with Gasteiger partial charge in [-0.3, -0.25) is 9.59 Å². The van der Waals surface area contributed by atoms with Crippen molar-refractivity contribution in [3.8, 4) is 0 Å². The Morgan fingerprint density at radius 1 is 1.22 bits per heavy atom.